The number of aromatic nitrogens is 1. The molecule has 0 spiro atoms. The van der Waals surface area contributed by atoms with Gasteiger partial charge in [-0.2, -0.15) is 0 Å². The van der Waals surface area contributed by atoms with Crippen LogP contribution >= 0.6 is 11.3 Å². The zero-order chi connectivity index (χ0) is 26.2. The third-order valence-corrected chi connectivity index (χ3v) is 6.72. The molecule has 0 aliphatic rings. The molecule has 0 aliphatic heterocycles. The third kappa shape index (κ3) is 8.70. The van der Waals surface area contributed by atoms with E-state index in [1.54, 1.807) is 11.9 Å². The lowest BCUT2D eigenvalue weighted by Gasteiger charge is -2.37. The van der Waals surface area contributed by atoms with Crippen LogP contribution in [-0.4, -0.2) is 57.9 Å². The van der Waals surface area contributed by atoms with Crippen molar-refractivity contribution < 1.29 is 29.0 Å². The summed E-state index contributed by atoms with van der Waals surface area (Å²) in [6, 6.07) is -1.02. The summed E-state index contributed by atoms with van der Waals surface area (Å²) in [7, 11) is 1.69. The number of thiazole rings is 1. The van der Waals surface area contributed by atoms with Gasteiger partial charge < -0.3 is 20.1 Å². The summed E-state index contributed by atoms with van der Waals surface area (Å²) in [6.07, 6.45) is 0.503. The first-order chi connectivity index (χ1) is 15.8. The number of ether oxygens (including phenoxy) is 1. The second kappa shape index (κ2) is 13.4. The van der Waals surface area contributed by atoms with Gasteiger partial charge in [0.1, 0.15) is 11.0 Å². The quantitative estimate of drug-likeness (QED) is 0.396. The number of aromatic carboxylic acids is 1. The fraction of sp³-hybridized carbons (Fsp3) is 0.708. The number of hydrogen-bond acceptors (Lipinski definition) is 7. The van der Waals surface area contributed by atoms with E-state index in [0.29, 0.717) is 17.8 Å². The number of likely N-dealkylation sites (N-methyl/N-ethyl adjacent to an activating group) is 1. The van der Waals surface area contributed by atoms with Gasteiger partial charge in [0.25, 0.3) is 0 Å². The first-order valence-corrected chi connectivity index (χ1v) is 12.6. The second-order valence-electron chi connectivity index (χ2n) is 9.50. The lowest BCUT2D eigenvalue weighted by Crippen LogP contribution is -2.54. The number of amides is 2. The van der Waals surface area contributed by atoms with Gasteiger partial charge in [-0.05, 0) is 17.8 Å². The van der Waals surface area contributed by atoms with Crippen LogP contribution in [0.4, 0.5) is 0 Å². The van der Waals surface area contributed by atoms with Crippen molar-refractivity contribution in [2.24, 2.45) is 17.8 Å². The molecule has 0 aliphatic carbocycles. The van der Waals surface area contributed by atoms with Gasteiger partial charge in [0.15, 0.2) is 11.8 Å². The summed E-state index contributed by atoms with van der Waals surface area (Å²) in [4.78, 5) is 54.8. The minimum atomic E-state index is -1.16. The molecule has 0 radical (unpaired) electrons. The molecule has 4 atom stereocenters. The van der Waals surface area contributed by atoms with Crippen molar-refractivity contribution in [2.45, 2.75) is 85.9 Å². The Morgan fingerprint density at radius 1 is 1.18 bits per heavy atom. The van der Waals surface area contributed by atoms with Gasteiger partial charge in [-0.3, -0.25) is 14.4 Å². The lowest BCUT2D eigenvalue weighted by atomic mass is 9.93. The monoisotopic (exact) mass is 497 g/mol. The summed E-state index contributed by atoms with van der Waals surface area (Å²) in [6.45, 7) is 13.0. The van der Waals surface area contributed by atoms with Crippen LogP contribution in [0.15, 0.2) is 5.38 Å². The van der Waals surface area contributed by atoms with Crippen LogP contribution in [0, 0.1) is 17.8 Å². The van der Waals surface area contributed by atoms with Crippen molar-refractivity contribution in [2.75, 3.05) is 7.05 Å². The molecule has 1 heterocycles. The van der Waals surface area contributed by atoms with Crippen molar-refractivity contribution in [3.63, 3.8) is 0 Å². The number of rotatable bonds is 13. The SMILES string of the molecule is CC[C@H](C)[C@H](NC(=O)CC(C)C)C(=O)N(C)[C@H](C[C@@H](OC(C)=O)c1nc(C(=O)O)cs1)C(C)C. The topological polar surface area (TPSA) is 126 Å². The van der Waals surface area contributed by atoms with Crippen molar-refractivity contribution in [1.29, 1.82) is 0 Å². The van der Waals surface area contributed by atoms with Gasteiger partial charge in [0, 0.05) is 38.2 Å². The average Bonchev–Trinajstić information content (AvgIpc) is 3.23. The molecule has 192 valence electrons. The Kier molecular flexibility index (Phi) is 11.7. The van der Waals surface area contributed by atoms with E-state index in [9.17, 15) is 24.3 Å². The number of carboxylic acids is 1. The Morgan fingerprint density at radius 3 is 2.24 bits per heavy atom. The zero-order valence-corrected chi connectivity index (χ0v) is 22.3. The van der Waals surface area contributed by atoms with Crippen LogP contribution in [0.1, 0.15) is 89.3 Å². The Morgan fingerprint density at radius 2 is 1.79 bits per heavy atom. The minimum Gasteiger partial charge on any atom is -0.476 e. The second-order valence-corrected chi connectivity index (χ2v) is 10.4. The molecule has 1 aromatic heterocycles. The predicted molar refractivity (Wildman–Crippen MR) is 130 cm³/mol. The average molecular weight is 498 g/mol. The summed E-state index contributed by atoms with van der Waals surface area (Å²) < 4.78 is 5.49. The van der Waals surface area contributed by atoms with Crippen LogP contribution in [0.3, 0.4) is 0 Å². The molecule has 1 rings (SSSR count). The summed E-state index contributed by atoms with van der Waals surface area (Å²) in [5, 5.41) is 13.9. The normalized spacial score (nSPS) is 14.9. The zero-order valence-electron chi connectivity index (χ0n) is 21.5. The summed E-state index contributed by atoms with van der Waals surface area (Å²) in [5.41, 5.74) is -0.118. The van der Waals surface area contributed by atoms with Crippen LogP contribution < -0.4 is 5.32 Å². The van der Waals surface area contributed by atoms with Gasteiger partial charge in [-0.25, -0.2) is 9.78 Å². The molecule has 0 saturated heterocycles. The van der Waals surface area contributed by atoms with Gasteiger partial charge >= 0.3 is 11.9 Å². The molecule has 34 heavy (non-hydrogen) atoms. The van der Waals surface area contributed by atoms with Crippen molar-refractivity contribution in [3.05, 3.63) is 16.1 Å². The first kappa shape index (κ1) is 29.5. The van der Waals surface area contributed by atoms with Gasteiger partial charge in [0.05, 0.1) is 0 Å². The number of carboxylic acid groups (broad SMARTS) is 1. The Hall–Kier alpha value is -2.49. The molecular weight excluding hydrogens is 458 g/mol. The molecule has 0 unspecified atom stereocenters. The molecular formula is C24H39N3O6S. The van der Waals surface area contributed by atoms with E-state index in [1.807, 2.05) is 41.5 Å². The highest BCUT2D eigenvalue weighted by atomic mass is 32.1. The van der Waals surface area contributed by atoms with E-state index >= 15 is 0 Å². The molecule has 0 saturated carbocycles. The maximum absolute atomic E-state index is 13.6. The molecule has 10 heteroatoms. The minimum absolute atomic E-state index is 0.00476. The molecule has 0 aromatic carbocycles. The first-order valence-electron chi connectivity index (χ1n) is 11.7. The fourth-order valence-corrected chi connectivity index (χ4v) is 4.53. The summed E-state index contributed by atoms with van der Waals surface area (Å²) >= 11 is 1.10. The predicted octanol–water partition coefficient (Wildman–Crippen LogP) is 3.90. The maximum atomic E-state index is 13.6. The van der Waals surface area contributed by atoms with E-state index in [-0.39, 0.29) is 47.7 Å². The van der Waals surface area contributed by atoms with Gasteiger partial charge in [0.2, 0.25) is 11.8 Å². The summed E-state index contributed by atoms with van der Waals surface area (Å²) in [5.74, 6) is -1.96. The van der Waals surface area contributed by atoms with Gasteiger partial charge in [-0.15, -0.1) is 11.3 Å². The molecule has 2 N–H and O–H groups in total. The number of nitrogens with one attached hydrogen (secondary N) is 1. The molecule has 0 fully saturated rings. The molecule has 2 amide bonds. The number of esters is 1. The van der Waals surface area contributed by atoms with E-state index in [2.05, 4.69) is 10.3 Å². The number of nitrogens with zero attached hydrogens (tertiary/aromatic N) is 2. The van der Waals surface area contributed by atoms with E-state index in [4.69, 9.17) is 4.74 Å². The largest absolute Gasteiger partial charge is 0.476 e. The standard InChI is InChI=1S/C24H39N3O6S/c1-9-15(6)21(26-20(29)10-13(2)3)23(30)27(8)18(14(4)5)11-19(33-16(7)28)22-25-17(12-34-22)24(31)32/h12-15,18-19,21H,9-11H2,1-8H3,(H,26,29)(H,31,32)/t15-,18+,19+,21-/m0/s1. The Labute approximate surface area is 206 Å². The highest BCUT2D eigenvalue weighted by Gasteiger charge is 2.35. The lowest BCUT2D eigenvalue weighted by molar-refractivity contribution is -0.149. The molecule has 1 aromatic rings. The fourth-order valence-electron chi connectivity index (χ4n) is 3.70. The third-order valence-electron chi connectivity index (χ3n) is 5.78. The Bertz CT molecular complexity index is 854. The smallest absolute Gasteiger partial charge is 0.355 e. The van der Waals surface area contributed by atoms with Crippen LogP contribution in [0.5, 0.6) is 0 Å². The Balaban J connectivity index is 3.19. The van der Waals surface area contributed by atoms with Crippen molar-refractivity contribution in [3.8, 4) is 0 Å². The number of carbonyl (C=O) groups excluding carboxylic acids is 3. The van der Waals surface area contributed by atoms with Crippen LogP contribution in [0.2, 0.25) is 0 Å². The molecule has 9 nitrogen and oxygen atoms in total. The van der Waals surface area contributed by atoms with Crippen molar-refractivity contribution in [1.82, 2.24) is 15.2 Å². The van der Waals surface area contributed by atoms with Crippen molar-refractivity contribution >= 4 is 35.1 Å². The van der Waals surface area contributed by atoms with Crippen LogP contribution in [0.25, 0.3) is 0 Å². The van der Waals surface area contributed by atoms with E-state index < -0.39 is 24.1 Å². The van der Waals surface area contributed by atoms with E-state index in [1.165, 1.54) is 12.3 Å². The number of carbonyl (C=O) groups is 4. The van der Waals surface area contributed by atoms with E-state index in [0.717, 1.165) is 11.3 Å². The number of hydrogen-bond donors (Lipinski definition) is 2. The molecule has 0 bridgehead atoms. The highest BCUT2D eigenvalue weighted by Crippen LogP contribution is 2.31. The van der Waals surface area contributed by atoms with Gasteiger partial charge in [-0.1, -0.05) is 48.0 Å². The van der Waals surface area contributed by atoms with Crippen LogP contribution in [-0.2, 0) is 19.1 Å². The maximum Gasteiger partial charge on any atom is 0.355 e. The highest BCUT2D eigenvalue weighted by molar-refractivity contribution is 7.09.